The third-order valence-electron chi connectivity index (χ3n) is 5.03. The Labute approximate surface area is 179 Å². The van der Waals surface area contributed by atoms with Gasteiger partial charge in [-0.25, -0.2) is 8.42 Å². The van der Waals surface area contributed by atoms with Gasteiger partial charge in [-0.1, -0.05) is 19.1 Å². The van der Waals surface area contributed by atoms with E-state index in [2.05, 4.69) is 5.32 Å². The van der Waals surface area contributed by atoms with E-state index in [4.69, 9.17) is 5.73 Å². The standard InChI is InChI=1S/C20H23N3O5S2/c1-3-30(27,28)14-6-4-13(5-7-14)10-17(25)22-20-18(19(21)26)15-8-9-23(12(2)24)11-16(15)29-20/h4-7H,3,8-11H2,1-2H3,(H2,21,26)(H,22,25). The van der Waals surface area contributed by atoms with Crippen LogP contribution in [0.1, 0.15) is 40.2 Å². The van der Waals surface area contributed by atoms with Crippen LogP contribution in [-0.2, 0) is 38.8 Å². The van der Waals surface area contributed by atoms with Crippen molar-refractivity contribution in [3.63, 3.8) is 0 Å². The third-order valence-corrected chi connectivity index (χ3v) is 7.91. The minimum Gasteiger partial charge on any atom is -0.365 e. The molecule has 10 heteroatoms. The lowest BCUT2D eigenvalue weighted by atomic mass is 10.0. The van der Waals surface area contributed by atoms with Crippen LogP contribution in [0.25, 0.3) is 0 Å². The molecule has 3 amide bonds. The van der Waals surface area contributed by atoms with Crippen molar-refractivity contribution in [2.45, 2.75) is 38.1 Å². The number of sulfone groups is 1. The molecule has 0 unspecified atom stereocenters. The second kappa shape index (κ2) is 8.57. The molecule has 160 valence electrons. The molecule has 0 atom stereocenters. The summed E-state index contributed by atoms with van der Waals surface area (Å²) in [5.74, 6) is -1.00. The fraction of sp³-hybridized carbons (Fsp3) is 0.350. The highest BCUT2D eigenvalue weighted by molar-refractivity contribution is 7.91. The molecule has 1 aliphatic rings. The minimum atomic E-state index is -3.30. The Morgan fingerprint density at radius 3 is 2.43 bits per heavy atom. The molecule has 0 saturated heterocycles. The lowest BCUT2D eigenvalue weighted by Gasteiger charge is -2.25. The smallest absolute Gasteiger partial charge is 0.251 e. The number of anilines is 1. The topological polar surface area (TPSA) is 127 Å². The fourth-order valence-electron chi connectivity index (χ4n) is 3.36. The normalized spacial score (nSPS) is 13.6. The van der Waals surface area contributed by atoms with E-state index in [0.29, 0.717) is 35.6 Å². The molecule has 0 aliphatic carbocycles. The van der Waals surface area contributed by atoms with Crippen LogP contribution in [0.5, 0.6) is 0 Å². The van der Waals surface area contributed by atoms with Crippen molar-refractivity contribution < 1.29 is 22.8 Å². The van der Waals surface area contributed by atoms with E-state index in [1.54, 1.807) is 24.0 Å². The molecular formula is C20H23N3O5S2. The maximum absolute atomic E-state index is 12.5. The Balaban J connectivity index is 1.77. The van der Waals surface area contributed by atoms with Crippen LogP contribution >= 0.6 is 11.3 Å². The highest BCUT2D eigenvalue weighted by Crippen LogP contribution is 2.37. The average molecular weight is 450 g/mol. The van der Waals surface area contributed by atoms with Crippen molar-refractivity contribution >= 4 is 43.9 Å². The number of carbonyl (C=O) groups excluding carboxylic acids is 3. The van der Waals surface area contributed by atoms with Crippen molar-refractivity contribution in [3.8, 4) is 0 Å². The molecule has 3 N–H and O–H groups in total. The molecule has 0 radical (unpaired) electrons. The predicted molar refractivity (Wildman–Crippen MR) is 114 cm³/mol. The Hall–Kier alpha value is -2.72. The summed E-state index contributed by atoms with van der Waals surface area (Å²) in [7, 11) is -3.30. The number of benzene rings is 1. The van der Waals surface area contributed by atoms with Crippen molar-refractivity contribution in [2.24, 2.45) is 5.73 Å². The summed E-state index contributed by atoms with van der Waals surface area (Å²) in [6, 6.07) is 6.16. The largest absolute Gasteiger partial charge is 0.365 e. The predicted octanol–water partition coefficient (Wildman–Crippen LogP) is 1.73. The zero-order valence-electron chi connectivity index (χ0n) is 16.7. The van der Waals surface area contributed by atoms with Gasteiger partial charge in [0.1, 0.15) is 5.00 Å². The van der Waals surface area contributed by atoms with Gasteiger partial charge in [-0.15, -0.1) is 11.3 Å². The average Bonchev–Trinajstić information content (AvgIpc) is 3.05. The van der Waals surface area contributed by atoms with Gasteiger partial charge in [0.05, 0.1) is 29.2 Å². The lowest BCUT2D eigenvalue weighted by molar-refractivity contribution is -0.129. The number of nitrogens with zero attached hydrogens (tertiary/aromatic N) is 1. The van der Waals surface area contributed by atoms with Crippen LogP contribution in [0.3, 0.4) is 0 Å². The van der Waals surface area contributed by atoms with Crippen LogP contribution in [0, 0.1) is 0 Å². The zero-order chi connectivity index (χ0) is 22.1. The molecule has 0 bridgehead atoms. The van der Waals surface area contributed by atoms with Gasteiger partial charge in [0.15, 0.2) is 9.84 Å². The Bertz CT molecular complexity index is 1100. The first-order valence-corrected chi connectivity index (χ1v) is 11.9. The van der Waals surface area contributed by atoms with Gasteiger partial charge in [-0.05, 0) is 29.7 Å². The van der Waals surface area contributed by atoms with Gasteiger partial charge in [0.25, 0.3) is 5.91 Å². The van der Waals surface area contributed by atoms with Crippen LogP contribution in [0.4, 0.5) is 5.00 Å². The van der Waals surface area contributed by atoms with Gasteiger partial charge in [-0.3, -0.25) is 14.4 Å². The van der Waals surface area contributed by atoms with Crippen molar-refractivity contribution in [3.05, 3.63) is 45.8 Å². The number of fused-ring (bicyclic) bond motifs is 1. The Kier molecular flexibility index (Phi) is 6.27. The fourth-order valence-corrected chi connectivity index (χ4v) is 5.53. The van der Waals surface area contributed by atoms with Crippen LogP contribution < -0.4 is 11.1 Å². The second-order valence-corrected chi connectivity index (χ2v) is 10.4. The second-order valence-electron chi connectivity index (χ2n) is 7.04. The first kappa shape index (κ1) is 22.0. The van der Waals surface area contributed by atoms with Crippen molar-refractivity contribution in [1.82, 2.24) is 4.90 Å². The number of nitrogens with two attached hydrogens (primary N) is 1. The molecule has 0 spiro atoms. The van der Waals surface area contributed by atoms with E-state index in [1.165, 1.54) is 30.4 Å². The van der Waals surface area contributed by atoms with Gasteiger partial charge < -0.3 is 16.0 Å². The molecule has 3 rings (SSSR count). The van der Waals surface area contributed by atoms with Crippen LogP contribution in [-0.4, -0.2) is 43.3 Å². The third kappa shape index (κ3) is 4.54. The summed E-state index contributed by atoms with van der Waals surface area (Å²) in [6.07, 6.45) is 0.527. The molecule has 1 aromatic carbocycles. The zero-order valence-corrected chi connectivity index (χ0v) is 18.4. The highest BCUT2D eigenvalue weighted by atomic mass is 32.2. The van der Waals surface area contributed by atoms with E-state index < -0.39 is 15.7 Å². The first-order chi connectivity index (χ1) is 14.1. The molecule has 0 fully saturated rings. The molecule has 8 nitrogen and oxygen atoms in total. The van der Waals surface area contributed by atoms with E-state index >= 15 is 0 Å². The first-order valence-electron chi connectivity index (χ1n) is 9.43. The number of amides is 3. The summed E-state index contributed by atoms with van der Waals surface area (Å²) in [4.78, 5) is 38.9. The summed E-state index contributed by atoms with van der Waals surface area (Å²) < 4.78 is 23.8. The quantitative estimate of drug-likeness (QED) is 0.694. The lowest BCUT2D eigenvalue weighted by Crippen LogP contribution is -2.34. The summed E-state index contributed by atoms with van der Waals surface area (Å²) in [5, 5.41) is 3.14. The van der Waals surface area contributed by atoms with E-state index in [1.807, 2.05) is 0 Å². The van der Waals surface area contributed by atoms with Crippen molar-refractivity contribution in [2.75, 3.05) is 17.6 Å². The molecule has 1 aromatic heterocycles. The van der Waals surface area contributed by atoms with Crippen molar-refractivity contribution in [1.29, 1.82) is 0 Å². The van der Waals surface area contributed by atoms with Gasteiger partial charge >= 0.3 is 0 Å². The SMILES string of the molecule is CCS(=O)(=O)c1ccc(CC(=O)Nc2sc3c(c2C(N)=O)CCN(C(C)=O)C3)cc1. The number of nitrogens with one attached hydrogen (secondary N) is 1. The molecule has 1 aliphatic heterocycles. The maximum atomic E-state index is 12.5. The number of thiophene rings is 1. The number of primary amides is 1. The molecule has 30 heavy (non-hydrogen) atoms. The van der Waals surface area contributed by atoms with E-state index in [0.717, 1.165) is 10.4 Å². The van der Waals surface area contributed by atoms with Gasteiger partial charge in [0.2, 0.25) is 11.8 Å². The maximum Gasteiger partial charge on any atom is 0.251 e. The monoisotopic (exact) mass is 449 g/mol. The van der Waals surface area contributed by atoms with Crippen LogP contribution in [0.15, 0.2) is 29.2 Å². The molecule has 0 saturated carbocycles. The molecule has 2 heterocycles. The number of rotatable bonds is 6. The highest BCUT2D eigenvalue weighted by Gasteiger charge is 2.28. The summed E-state index contributed by atoms with van der Waals surface area (Å²) in [5.41, 5.74) is 7.29. The summed E-state index contributed by atoms with van der Waals surface area (Å²) in [6.45, 7) is 3.95. The minimum absolute atomic E-state index is 0.00677. The molecule has 2 aromatic rings. The van der Waals surface area contributed by atoms with Gasteiger partial charge in [0, 0.05) is 18.3 Å². The van der Waals surface area contributed by atoms with E-state index in [9.17, 15) is 22.8 Å². The number of hydrogen-bond acceptors (Lipinski definition) is 6. The number of carbonyl (C=O) groups is 3. The van der Waals surface area contributed by atoms with Crippen LogP contribution in [0.2, 0.25) is 0 Å². The molecular weight excluding hydrogens is 426 g/mol. The summed E-state index contributed by atoms with van der Waals surface area (Å²) >= 11 is 1.25. The number of hydrogen-bond donors (Lipinski definition) is 2. The van der Waals surface area contributed by atoms with Gasteiger partial charge in [-0.2, -0.15) is 0 Å². The Morgan fingerprint density at radius 1 is 1.20 bits per heavy atom. The van der Waals surface area contributed by atoms with E-state index in [-0.39, 0.29) is 28.9 Å². The Morgan fingerprint density at radius 2 is 1.87 bits per heavy atom.